The predicted molar refractivity (Wildman–Crippen MR) is 77.1 cm³/mol. The van der Waals surface area contributed by atoms with Gasteiger partial charge in [0, 0.05) is 6.54 Å². The summed E-state index contributed by atoms with van der Waals surface area (Å²) in [6.45, 7) is 4.11. The number of nitrogens with zero attached hydrogens (tertiary/aromatic N) is 1. The van der Waals surface area contributed by atoms with Crippen LogP contribution in [0.15, 0.2) is 18.2 Å². The molecule has 2 amide bonds. The number of rotatable bonds is 2. The van der Waals surface area contributed by atoms with E-state index in [2.05, 4.69) is 5.32 Å². The molecule has 0 radical (unpaired) electrons. The number of amides is 2. The lowest BCUT2D eigenvalue weighted by atomic mass is 10.0. The number of hydrogen-bond donors (Lipinski definition) is 2. The second-order valence-corrected chi connectivity index (χ2v) is 5.51. The van der Waals surface area contributed by atoms with E-state index < -0.39 is 18.0 Å². The van der Waals surface area contributed by atoms with Crippen LogP contribution in [0.5, 0.6) is 0 Å². The van der Waals surface area contributed by atoms with Crippen LogP contribution >= 0.6 is 11.6 Å². The van der Waals surface area contributed by atoms with E-state index in [1.54, 1.807) is 12.1 Å². The fraction of sp³-hybridized carbons (Fsp3) is 0.429. The standard InChI is InChI=1S/C14H17ClN2O3/c1-8-4-3-5-10(15)11(8)16-14(20)17-7-6-9(2)12(17)13(18)19/h3-5,9,12H,6-7H2,1-2H3,(H,16,20)(H,18,19). The fourth-order valence-electron chi connectivity index (χ4n) is 2.52. The Kier molecular flexibility index (Phi) is 4.18. The molecule has 20 heavy (non-hydrogen) atoms. The Hall–Kier alpha value is -1.75. The van der Waals surface area contributed by atoms with Crippen LogP contribution in [0.1, 0.15) is 18.9 Å². The minimum absolute atomic E-state index is 0.0504. The summed E-state index contributed by atoms with van der Waals surface area (Å²) in [5.41, 5.74) is 1.37. The third-order valence-corrected chi connectivity index (χ3v) is 3.98. The van der Waals surface area contributed by atoms with Crippen LogP contribution in [0.25, 0.3) is 0 Å². The van der Waals surface area contributed by atoms with Gasteiger partial charge >= 0.3 is 12.0 Å². The summed E-state index contributed by atoms with van der Waals surface area (Å²) in [6.07, 6.45) is 0.686. The largest absolute Gasteiger partial charge is 0.480 e. The van der Waals surface area contributed by atoms with E-state index in [4.69, 9.17) is 11.6 Å². The van der Waals surface area contributed by atoms with Gasteiger partial charge < -0.3 is 15.3 Å². The molecule has 1 aliphatic rings. The Bertz CT molecular complexity index is 527. The lowest BCUT2D eigenvalue weighted by molar-refractivity contribution is -0.142. The van der Waals surface area contributed by atoms with Crippen molar-refractivity contribution in [1.82, 2.24) is 4.90 Å². The van der Waals surface area contributed by atoms with Crippen molar-refractivity contribution in [2.45, 2.75) is 26.3 Å². The Morgan fingerprint density at radius 1 is 1.45 bits per heavy atom. The number of benzene rings is 1. The number of hydrogen-bond acceptors (Lipinski definition) is 2. The molecule has 5 nitrogen and oxygen atoms in total. The molecule has 1 aromatic rings. The topological polar surface area (TPSA) is 69.6 Å². The molecule has 0 aromatic heterocycles. The van der Waals surface area contributed by atoms with Gasteiger partial charge in [-0.15, -0.1) is 0 Å². The van der Waals surface area contributed by atoms with Crippen molar-refractivity contribution in [2.24, 2.45) is 5.92 Å². The molecule has 1 heterocycles. The lowest BCUT2D eigenvalue weighted by Crippen LogP contribution is -2.44. The van der Waals surface area contributed by atoms with Gasteiger partial charge in [0.2, 0.25) is 0 Å². The van der Waals surface area contributed by atoms with E-state index in [0.717, 1.165) is 5.56 Å². The van der Waals surface area contributed by atoms with E-state index in [-0.39, 0.29) is 5.92 Å². The van der Waals surface area contributed by atoms with Gasteiger partial charge in [0.25, 0.3) is 0 Å². The molecular formula is C14H17ClN2O3. The second kappa shape index (κ2) is 5.71. The summed E-state index contributed by atoms with van der Waals surface area (Å²) < 4.78 is 0. The number of carbonyl (C=O) groups excluding carboxylic acids is 1. The zero-order valence-corrected chi connectivity index (χ0v) is 12.1. The first-order valence-corrected chi connectivity index (χ1v) is 6.85. The van der Waals surface area contributed by atoms with Crippen LogP contribution in [0.2, 0.25) is 5.02 Å². The monoisotopic (exact) mass is 296 g/mol. The maximum atomic E-state index is 12.3. The van der Waals surface area contributed by atoms with Gasteiger partial charge in [0.1, 0.15) is 6.04 Å². The summed E-state index contributed by atoms with van der Waals surface area (Å²) in [6, 6.07) is 4.12. The number of nitrogens with one attached hydrogen (secondary N) is 1. The van der Waals surface area contributed by atoms with Crippen molar-refractivity contribution in [3.63, 3.8) is 0 Å². The van der Waals surface area contributed by atoms with E-state index in [9.17, 15) is 14.7 Å². The minimum atomic E-state index is -0.971. The SMILES string of the molecule is Cc1cccc(Cl)c1NC(=O)N1CCC(C)C1C(=O)O. The van der Waals surface area contributed by atoms with Crippen molar-refractivity contribution in [2.75, 3.05) is 11.9 Å². The van der Waals surface area contributed by atoms with Crippen LogP contribution in [-0.4, -0.2) is 34.6 Å². The van der Waals surface area contributed by atoms with Gasteiger partial charge in [-0.25, -0.2) is 9.59 Å². The Balaban J connectivity index is 2.18. The van der Waals surface area contributed by atoms with Crippen LogP contribution in [0, 0.1) is 12.8 Å². The van der Waals surface area contributed by atoms with E-state index >= 15 is 0 Å². The number of halogens is 1. The molecule has 108 valence electrons. The molecule has 0 saturated carbocycles. The molecule has 1 fully saturated rings. The number of carboxylic acid groups (broad SMARTS) is 1. The third kappa shape index (κ3) is 2.72. The first kappa shape index (κ1) is 14.7. The number of urea groups is 1. The van der Waals surface area contributed by atoms with Crippen molar-refractivity contribution in [3.8, 4) is 0 Å². The summed E-state index contributed by atoms with van der Waals surface area (Å²) in [4.78, 5) is 24.9. The summed E-state index contributed by atoms with van der Waals surface area (Å²) in [5, 5.41) is 12.4. The van der Waals surface area contributed by atoms with Crippen LogP contribution < -0.4 is 5.32 Å². The van der Waals surface area contributed by atoms with Crippen LogP contribution in [0.3, 0.4) is 0 Å². The molecule has 2 rings (SSSR count). The predicted octanol–water partition coefficient (Wildman–Crippen LogP) is 2.98. The number of anilines is 1. The average Bonchev–Trinajstić information content (AvgIpc) is 2.76. The van der Waals surface area contributed by atoms with Gasteiger partial charge in [-0.2, -0.15) is 0 Å². The highest BCUT2D eigenvalue weighted by Gasteiger charge is 2.39. The number of carboxylic acids is 1. The zero-order valence-electron chi connectivity index (χ0n) is 11.4. The normalized spacial score (nSPS) is 21.9. The van der Waals surface area contributed by atoms with E-state index in [1.165, 1.54) is 4.90 Å². The molecule has 2 unspecified atom stereocenters. The van der Waals surface area contributed by atoms with Crippen molar-refractivity contribution in [3.05, 3.63) is 28.8 Å². The Labute approximate surface area is 122 Å². The average molecular weight is 297 g/mol. The maximum Gasteiger partial charge on any atom is 0.326 e. The second-order valence-electron chi connectivity index (χ2n) is 5.10. The van der Waals surface area contributed by atoms with Crippen LogP contribution in [-0.2, 0) is 4.79 Å². The molecule has 1 aromatic carbocycles. The zero-order chi connectivity index (χ0) is 14.9. The number of carbonyl (C=O) groups is 2. The molecule has 0 aliphatic carbocycles. The van der Waals surface area contributed by atoms with Gasteiger partial charge in [-0.05, 0) is 30.9 Å². The number of para-hydroxylation sites is 1. The molecule has 0 spiro atoms. The van der Waals surface area contributed by atoms with Gasteiger partial charge in [-0.1, -0.05) is 30.7 Å². The van der Waals surface area contributed by atoms with Gasteiger partial charge in [-0.3, -0.25) is 0 Å². The summed E-state index contributed by atoms with van der Waals surface area (Å²) in [7, 11) is 0. The molecule has 1 saturated heterocycles. The first-order chi connectivity index (χ1) is 9.41. The summed E-state index contributed by atoms with van der Waals surface area (Å²) >= 11 is 6.06. The smallest absolute Gasteiger partial charge is 0.326 e. The minimum Gasteiger partial charge on any atom is -0.480 e. The molecule has 1 aliphatic heterocycles. The highest BCUT2D eigenvalue weighted by atomic mass is 35.5. The summed E-state index contributed by atoms with van der Waals surface area (Å²) in [5.74, 6) is -1.02. The number of likely N-dealkylation sites (tertiary alicyclic amines) is 1. The quantitative estimate of drug-likeness (QED) is 0.881. The fourth-order valence-corrected chi connectivity index (χ4v) is 2.79. The Morgan fingerprint density at radius 2 is 2.15 bits per heavy atom. The van der Waals surface area contributed by atoms with Crippen LogP contribution in [0.4, 0.5) is 10.5 Å². The van der Waals surface area contributed by atoms with Gasteiger partial charge in [0.15, 0.2) is 0 Å². The lowest BCUT2D eigenvalue weighted by Gasteiger charge is -2.24. The van der Waals surface area contributed by atoms with Gasteiger partial charge in [0.05, 0.1) is 10.7 Å². The molecule has 2 N–H and O–H groups in total. The van der Waals surface area contributed by atoms with E-state index in [0.29, 0.717) is 23.7 Å². The highest BCUT2D eigenvalue weighted by Crippen LogP contribution is 2.28. The third-order valence-electron chi connectivity index (χ3n) is 3.67. The maximum absolute atomic E-state index is 12.3. The Morgan fingerprint density at radius 3 is 2.75 bits per heavy atom. The van der Waals surface area contributed by atoms with Crippen molar-refractivity contribution >= 4 is 29.3 Å². The van der Waals surface area contributed by atoms with Crippen molar-refractivity contribution < 1.29 is 14.7 Å². The van der Waals surface area contributed by atoms with E-state index in [1.807, 2.05) is 19.9 Å². The molecule has 6 heteroatoms. The molecule has 0 bridgehead atoms. The molecule has 2 atom stereocenters. The highest BCUT2D eigenvalue weighted by molar-refractivity contribution is 6.33. The number of aryl methyl sites for hydroxylation is 1. The first-order valence-electron chi connectivity index (χ1n) is 6.47. The molecular weight excluding hydrogens is 280 g/mol. The number of aliphatic carboxylic acids is 1. The van der Waals surface area contributed by atoms with Crippen molar-refractivity contribution in [1.29, 1.82) is 0 Å².